The van der Waals surface area contributed by atoms with Crippen LogP contribution in [0.3, 0.4) is 0 Å². The molecule has 1 saturated heterocycles. The number of imidazole rings is 1. The fourth-order valence-electron chi connectivity index (χ4n) is 4.81. The van der Waals surface area contributed by atoms with Crippen LogP contribution in [0.2, 0.25) is 0 Å². The van der Waals surface area contributed by atoms with Crippen molar-refractivity contribution in [3.8, 4) is 22.8 Å². The highest BCUT2D eigenvalue weighted by Gasteiger charge is 2.21. The molecular weight excluding hydrogens is 522 g/mol. The number of piperazine rings is 1. The maximum Gasteiger partial charge on any atom is 0.253 e. The van der Waals surface area contributed by atoms with Crippen LogP contribution in [-0.2, 0) is 6.42 Å². The first kappa shape index (κ1) is 26.0. The largest absolute Gasteiger partial charge is 0.497 e. The Balaban J connectivity index is 1.28. The summed E-state index contributed by atoms with van der Waals surface area (Å²) >= 11 is 1.63. The minimum absolute atomic E-state index is 0.0624. The Hall–Kier alpha value is -4.28. The van der Waals surface area contributed by atoms with E-state index in [1.165, 1.54) is 5.56 Å². The van der Waals surface area contributed by atoms with E-state index in [1.807, 2.05) is 57.3 Å². The minimum Gasteiger partial charge on any atom is -0.497 e. The van der Waals surface area contributed by atoms with Gasteiger partial charge in [-0.3, -0.25) is 9.36 Å². The zero-order valence-electron chi connectivity index (χ0n) is 22.6. The third-order valence-electron chi connectivity index (χ3n) is 7.23. The second-order valence-electron chi connectivity index (χ2n) is 9.86. The van der Waals surface area contributed by atoms with Gasteiger partial charge < -0.3 is 19.9 Å². The van der Waals surface area contributed by atoms with E-state index in [1.54, 1.807) is 24.8 Å². The van der Waals surface area contributed by atoms with Gasteiger partial charge in [0.05, 0.1) is 12.8 Å². The summed E-state index contributed by atoms with van der Waals surface area (Å²) in [4.78, 5) is 31.7. The van der Waals surface area contributed by atoms with E-state index in [0.29, 0.717) is 29.3 Å². The maximum atomic E-state index is 13.0. The number of methoxy groups -OCH3 is 1. The van der Waals surface area contributed by atoms with Crippen LogP contribution in [0.25, 0.3) is 28.2 Å². The van der Waals surface area contributed by atoms with Gasteiger partial charge in [0.15, 0.2) is 22.8 Å². The van der Waals surface area contributed by atoms with Crippen molar-refractivity contribution in [1.82, 2.24) is 29.3 Å². The number of nitrogens with one attached hydrogen (secondary N) is 1. The molecule has 1 fully saturated rings. The lowest BCUT2D eigenvalue weighted by Gasteiger charge is -2.32. The highest BCUT2D eigenvalue weighted by molar-refractivity contribution is 7.08. The quantitative estimate of drug-likeness (QED) is 0.301. The molecule has 2 aromatic carbocycles. The number of benzene rings is 2. The number of thiophene rings is 1. The first-order valence-corrected chi connectivity index (χ1v) is 14.3. The number of anilines is 1. The first-order chi connectivity index (χ1) is 19.6. The lowest BCUT2D eigenvalue weighted by Crippen LogP contribution is -2.47. The van der Waals surface area contributed by atoms with Crippen LogP contribution in [0.1, 0.15) is 15.9 Å². The van der Waals surface area contributed by atoms with Crippen LogP contribution in [0, 0.1) is 0 Å². The van der Waals surface area contributed by atoms with Crippen molar-refractivity contribution in [2.24, 2.45) is 0 Å². The molecule has 204 valence electrons. The molecule has 0 aliphatic carbocycles. The monoisotopic (exact) mass is 553 g/mol. The van der Waals surface area contributed by atoms with Crippen molar-refractivity contribution in [3.05, 3.63) is 82.8 Å². The number of hydrogen-bond donors (Lipinski definition) is 1. The highest BCUT2D eigenvalue weighted by atomic mass is 32.1. The van der Waals surface area contributed by atoms with Gasteiger partial charge in [0.2, 0.25) is 0 Å². The fraction of sp³-hybridized carbons (Fsp3) is 0.267. The molecule has 0 radical (unpaired) electrons. The first-order valence-electron chi connectivity index (χ1n) is 13.3. The van der Waals surface area contributed by atoms with Gasteiger partial charge in [-0.15, -0.1) is 0 Å². The third kappa shape index (κ3) is 5.41. The van der Waals surface area contributed by atoms with E-state index < -0.39 is 0 Å². The molecule has 0 bridgehead atoms. The lowest BCUT2D eigenvalue weighted by atomic mass is 10.1. The van der Waals surface area contributed by atoms with E-state index in [0.717, 1.165) is 55.2 Å². The number of carbonyl (C=O) groups excluding carboxylic acids is 1. The molecule has 9 nitrogen and oxygen atoms in total. The Kier molecular flexibility index (Phi) is 7.43. The molecule has 0 unspecified atom stereocenters. The number of aromatic nitrogens is 4. The van der Waals surface area contributed by atoms with Gasteiger partial charge in [0, 0.05) is 49.2 Å². The van der Waals surface area contributed by atoms with E-state index >= 15 is 0 Å². The van der Waals surface area contributed by atoms with E-state index in [2.05, 4.69) is 39.8 Å². The molecule has 6 rings (SSSR count). The van der Waals surface area contributed by atoms with Gasteiger partial charge in [0.25, 0.3) is 5.91 Å². The standard InChI is InChI=1S/C30H31N7O2S/c1-35-14-16-36(17-15-35)30(38)23-7-5-22(6-8-23)27-33-28(31-13-11-21-3-9-25(39-2)10-4-21)26-29(34-27)37(20-32-26)24-12-18-40-19-24/h3-10,12,18-20H,11,13-17H2,1-2H3,(H,31,33,34). The Morgan fingerprint density at radius 2 is 1.77 bits per heavy atom. The van der Waals surface area contributed by atoms with Crippen molar-refractivity contribution in [2.75, 3.05) is 52.2 Å². The summed E-state index contributed by atoms with van der Waals surface area (Å²) in [5, 5.41) is 7.59. The molecule has 5 aromatic rings. The Bertz CT molecular complexity index is 1590. The molecule has 1 N–H and O–H groups in total. The molecule has 1 aliphatic heterocycles. The van der Waals surface area contributed by atoms with Gasteiger partial charge in [0.1, 0.15) is 12.1 Å². The smallest absolute Gasteiger partial charge is 0.253 e. The molecule has 0 saturated carbocycles. The summed E-state index contributed by atoms with van der Waals surface area (Å²) in [6.45, 7) is 3.96. The van der Waals surface area contributed by atoms with Gasteiger partial charge >= 0.3 is 0 Å². The predicted molar refractivity (Wildman–Crippen MR) is 159 cm³/mol. The van der Waals surface area contributed by atoms with Crippen molar-refractivity contribution in [3.63, 3.8) is 0 Å². The van der Waals surface area contributed by atoms with Gasteiger partial charge in [-0.1, -0.05) is 24.3 Å². The number of ether oxygens (including phenoxy) is 1. The maximum absolute atomic E-state index is 13.0. The predicted octanol–water partition coefficient (Wildman–Crippen LogP) is 4.59. The Morgan fingerprint density at radius 1 is 1.00 bits per heavy atom. The number of hydrogen-bond acceptors (Lipinski definition) is 8. The summed E-state index contributed by atoms with van der Waals surface area (Å²) in [6.07, 6.45) is 2.61. The van der Waals surface area contributed by atoms with Crippen molar-refractivity contribution >= 4 is 34.2 Å². The number of amides is 1. The summed E-state index contributed by atoms with van der Waals surface area (Å²) in [7, 11) is 3.75. The lowest BCUT2D eigenvalue weighted by molar-refractivity contribution is 0.0664. The number of carbonyl (C=O) groups is 1. The van der Waals surface area contributed by atoms with Crippen molar-refractivity contribution in [2.45, 2.75) is 6.42 Å². The molecule has 4 heterocycles. The summed E-state index contributed by atoms with van der Waals surface area (Å²) < 4.78 is 7.25. The average molecular weight is 554 g/mol. The van der Waals surface area contributed by atoms with Crippen molar-refractivity contribution in [1.29, 1.82) is 0 Å². The van der Waals surface area contributed by atoms with Gasteiger partial charge in [-0.2, -0.15) is 11.3 Å². The SMILES string of the molecule is COc1ccc(CCNc2nc(-c3ccc(C(=O)N4CCN(C)CC4)cc3)nc3c2ncn3-c2ccsc2)cc1. The normalized spacial score (nSPS) is 14.0. The Morgan fingerprint density at radius 3 is 2.48 bits per heavy atom. The fourth-order valence-corrected chi connectivity index (χ4v) is 5.44. The van der Waals surface area contributed by atoms with Crippen LogP contribution in [0.5, 0.6) is 5.75 Å². The van der Waals surface area contributed by atoms with E-state index in [9.17, 15) is 4.79 Å². The van der Waals surface area contributed by atoms with Crippen LogP contribution in [-0.4, -0.2) is 82.1 Å². The molecular formula is C30H31N7O2S. The van der Waals surface area contributed by atoms with Crippen LogP contribution in [0.4, 0.5) is 5.82 Å². The number of likely N-dealkylation sites (N-methyl/N-ethyl adjacent to an activating group) is 1. The second-order valence-corrected chi connectivity index (χ2v) is 10.6. The molecule has 3 aromatic heterocycles. The number of nitrogens with zero attached hydrogens (tertiary/aromatic N) is 6. The summed E-state index contributed by atoms with van der Waals surface area (Å²) in [5.41, 5.74) is 5.17. The molecule has 0 atom stereocenters. The minimum atomic E-state index is 0.0624. The zero-order valence-corrected chi connectivity index (χ0v) is 23.4. The van der Waals surface area contributed by atoms with Gasteiger partial charge in [-0.25, -0.2) is 15.0 Å². The van der Waals surface area contributed by atoms with Crippen LogP contribution < -0.4 is 10.1 Å². The second kappa shape index (κ2) is 11.4. The average Bonchev–Trinajstić information content (AvgIpc) is 3.68. The van der Waals surface area contributed by atoms with E-state index in [4.69, 9.17) is 14.7 Å². The molecule has 1 aliphatic rings. The van der Waals surface area contributed by atoms with Crippen molar-refractivity contribution < 1.29 is 9.53 Å². The summed E-state index contributed by atoms with van der Waals surface area (Å²) in [6, 6.07) is 17.7. The van der Waals surface area contributed by atoms with Gasteiger partial charge in [-0.05, 0) is 54.7 Å². The molecule has 1 amide bonds. The topological polar surface area (TPSA) is 88.4 Å². The number of fused-ring (bicyclic) bond motifs is 1. The third-order valence-corrected chi connectivity index (χ3v) is 7.90. The molecule has 0 spiro atoms. The Labute approximate surface area is 237 Å². The molecule has 10 heteroatoms. The molecule has 40 heavy (non-hydrogen) atoms. The van der Waals surface area contributed by atoms with Crippen LogP contribution in [0.15, 0.2) is 71.7 Å². The summed E-state index contributed by atoms with van der Waals surface area (Å²) in [5.74, 6) is 2.16. The van der Waals surface area contributed by atoms with E-state index in [-0.39, 0.29) is 5.91 Å². The van der Waals surface area contributed by atoms with Crippen LogP contribution >= 0.6 is 11.3 Å². The highest BCUT2D eigenvalue weighted by Crippen LogP contribution is 2.27. The zero-order chi connectivity index (χ0) is 27.5. The number of rotatable bonds is 8.